The molecule has 0 aromatic heterocycles. The quantitative estimate of drug-likeness (QED) is 0.614. The molecule has 0 amide bonds. The van der Waals surface area contributed by atoms with Gasteiger partial charge in [0.05, 0.1) is 5.25 Å². The monoisotopic (exact) mass is 184 g/mol. The van der Waals surface area contributed by atoms with Gasteiger partial charge in [-0.25, -0.2) is 0 Å². The van der Waals surface area contributed by atoms with E-state index in [1.807, 2.05) is 6.26 Å². The lowest BCUT2D eigenvalue weighted by atomic mass is 9.82. The topological polar surface area (TPSA) is 17.1 Å². The fourth-order valence-corrected chi connectivity index (χ4v) is 2.42. The summed E-state index contributed by atoms with van der Waals surface area (Å²) < 4.78 is 0. The van der Waals surface area contributed by atoms with Gasteiger partial charge in [0, 0.05) is 6.42 Å². The van der Waals surface area contributed by atoms with Crippen LogP contribution in [0.3, 0.4) is 0 Å². The van der Waals surface area contributed by atoms with Gasteiger partial charge >= 0.3 is 0 Å². The van der Waals surface area contributed by atoms with Gasteiger partial charge in [0.25, 0.3) is 0 Å². The average Bonchev–Trinajstić information content (AvgIpc) is 2.08. The predicted octanol–water partition coefficient (Wildman–Crippen LogP) is 2.66. The largest absolute Gasteiger partial charge is 0.298 e. The number of ketones is 1. The van der Waals surface area contributed by atoms with Crippen molar-refractivity contribution < 1.29 is 4.79 Å². The van der Waals surface area contributed by atoms with E-state index in [0.29, 0.717) is 11.7 Å². The summed E-state index contributed by atoms with van der Waals surface area (Å²) in [7, 11) is 0. The molecular weight excluding hydrogens is 168 g/mol. The number of hydrogen-bond donors (Lipinski definition) is 0. The summed E-state index contributed by atoms with van der Waals surface area (Å²) >= 11 is 1.66. The summed E-state index contributed by atoms with van der Waals surface area (Å²) in [6, 6.07) is 0. The van der Waals surface area contributed by atoms with Gasteiger partial charge in [-0.3, -0.25) is 4.79 Å². The average molecular weight is 184 g/mol. The minimum atomic E-state index is 0.195. The van der Waals surface area contributed by atoms with Crippen LogP contribution in [0.5, 0.6) is 0 Å². The van der Waals surface area contributed by atoms with E-state index in [9.17, 15) is 4.79 Å². The van der Waals surface area contributed by atoms with E-state index < -0.39 is 0 Å². The van der Waals surface area contributed by atoms with Crippen LogP contribution in [0.4, 0.5) is 0 Å². The molecule has 0 spiro atoms. The first-order valence-corrected chi connectivity index (χ1v) is 5.71. The molecule has 0 aromatic rings. The Bertz CT molecular complexity index is 176. The third kappa shape index (κ3) is 1.92. The van der Waals surface area contributed by atoms with E-state index >= 15 is 0 Å². The zero-order valence-corrected chi connectivity index (χ0v) is 8.62. The molecule has 0 heterocycles. The second-order valence-electron chi connectivity index (χ2n) is 3.36. The van der Waals surface area contributed by atoms with Crippen molar-refractivity contribution in [2.24, 2.45) is 5.92 Å². The molecule has 0 saturated heterocycles. The number of rotatable bonds is 2. The highest BCUT2D eigenvalue weighted by Gasteiger charge is 2.29. The Morgan fingerprint density at radius 3 is 2.75 bits per heavy atom. The normalized spacial score (nSPS) is 30.8. The van der Waals surface area contributed by atoms with Crippen LogP contribution < -0.4 is 0 Å². The Morgan fingerprint density at radius 2 is 2.25 bits per heavy atom. The van der Waals surface area contributed by atoms with Gasteiger partial charge in [0.15, 0.2) is 0 Å². The van der Waals surface area contributed by atoms with Crippen molar-refractivity contribution in [3.8, 4) is 0 Å². The van der Waals surface area contributed by atoms with E-state index in [0.717, 1.165) is 19.3 Å². The number of thioether (sulfide) groups is 1. The van der Waals surface area contributed by atoms with E-state index in [2.05, 4.69) is 13.5 Å². The minimum Gasteiger partial charge on any atom is -0.298 e. The fourth-order valence-electron chi connectivity index (χ4n) is 1.69. The van der Waals surface area contributed by atoms with E-state index in [1.54, 1.807) is 11.8 Å². The van der Waals surface area contributed by atoms with Crippen molar-refractivity contribution in [1.29, 1.82) is 0 Å². The Labute approximate surface area is 78.6 Å². The van der Waals surface area contributed by atoms with Crippen molar-refractivity contribution >= 4 is 17.5 Å². The van der Waals surface area contributed by atoms with Gasteiger partial charge in [0.2, 0.25) is 0 Å². The zero-order valence-electron chi connectivity index (χ0n) is 7.80. The molecule has 0 aliphatic heterocycles. The van der Waals surface area contributed by atoms with Crippen molar-refractivity contribution in [3.05, 3.63) is 12.2 Å². The zero-order chi connectivity index (χ0) is 9.14. The minimum absolute atomic E-state index is 0.195. The molecule has 1 nitrogen and oxygen atoms in total. The molecule has 0 aromatic carbocycles. The smallest absolute Gasteiger partial charge is 0.146 e. The molecule has 2 heteroatoms. The van der Waals surface area contributed by atoms with Gasteiger partial charge in [-0.1, -0.05) is 19.1 Å². The van der Waals surface area contributed by atoms with Crippen LogP contribution in [-0.2, 0) is 4.79 Å². The third-order valence-corrected chi connectivity index (χ3v) is 3.61. The molecule has 1 aliphatic rings. The number of carbonyl (C=O) groups excluding carboxylic acids is 1. The van der Waals surface area contributed by atoms with Crippen LogP contribution in [0.2, 0.25) is 0 Å². The molecule has 2 unspecified atom stereocenters. The summed E-state index contributed by atoms with van der Waals surface area (Å²) in [5.74, 6) is 0.877. The maximum absolute atomic E-state index is 11.5. The Kier molecular flexibility index (Phi) is 3.39. The van der Waals surface area contributed by atoms with Crippen molar-refractivity contribution in [1.82, 2.24) is 0 Å². The first-order chi connectivity index (χ1) is 5.69. The maximum Gasteiger partial charge on any atom is 0.146 e. The Hall–Kier alpha value is -0.240. The van der Waals surface area contributed by atoms with Gasteiger partial charge in [-0.2, -0.15) is 11.8 Å². The van der Waals surface area contributed by atoms with E-state index in [-0.39, 0.29) is 5.25 Å². The Balaban J connectivity index is 2.61. The van der Waals surface area contributed by atoms with Gasteiger partial charge < -0.3 is 0 Å². The number of carbonyl (C=O) groups is 1. The van der Waals surface area contributed by atoms with Crippen LogP contribution in [-0.4, -0.2) is 17.3 Å². The van der Waals surface area contributed by atoms with Crippen LogP contribution in [0, 0.1) is 5.92 Å². The molecule has 68 valence electrons. The molecule has 1 fully saturated rings. The van der Waals surface area contributed by atoms with Crippen LogP contribution in [0.15, 0.2) is 12.2 Å². The molecule has 2 atom stereocenters. The number of Topliss-reactive ketones (excluding diaryl/α,β-unsaturated/α-hetero) is 1. The molecule has 1 aliphatic carbocycles. The lowest BCUT2D eigenvalue weighted by molar-refractivity contribution is -0.120. The van der Waals surface area contributed by atoms with E-state index in [1.165, 1.54) is 5.57 Å². The highest BCUT2D eigenvalue weighted by Crippen LogP contribution is 2.33. The van der Waals surface area contributed by atoms with Gasteiger partial charge in [0.1, 0.15) is 5.78 Å². The maximum atomic E-state index is 11.5. The van der Waals surface area contributed by atoms with Crippen molar-refractivity contribution in [3.63, 3.8) is 0 Å². The summed E-state index contributed by atoms with van der Waals surface area (Å²) in [5, 5.41) is 0.195. The lowest BCUT2D eigenvalue weighted by Crippen LogP contribution is -2.28. The second-order valence-corrected chi connectivity index (χ2v) is 4.40. The summed E-state index contributed by atoms with van der Waals surface area (Å²) in [6.07, 6.45) is 4.69. The van der Waals surface area contributed by atoms with Crippen molar-refractivity contribution in [2.75, 3.05) is 6.26 Å². The first-order valence-electron chi connectivity index (χ1n) is 4.42. The molecule has 1 saturated carbocycles. The molecule has 12 heavy (non-hydrogen) atoms. The van der Waals surface area contributed by atoms with E-state index in [4.69, 9.17) is 0 Å². The molecular formula is C10H16OS. The molecule has 1 rings (SSSR count). The number of hydrogen-bond acceptors (Lipinski definition) is 2. The summed E-state index contributed by atoms with van der Waals surface area (Å²) in [6.45, 7) is 6.16. The fraction of sp³-hybridized carbons (Fsp3) is 0.700. The SMILES string of the molecule is C=C1CC(SC)C(=O)CC1CC. The molecule has 0 N–H and O–H groups in total. The Morgan fingerprint density at radius 1 is 1.58 bits per heavy atom. The number of allylic oxidation sites excluding steroid dienone is 1. The lowest BCUT2D eigenvalue weighted by Gasteiger charge is -2.27. The summed E-state index contributed by atoms with van der Waals surface area (Å²) in [5.41, 5.74) is 1.27. The standard InChI is InChI=1S/C10H16OS/c1-4-8-6-9(11)10(12-3)5-7(8)2/h8,10H,2,4-6H2,1,3H3. The summed E-state index contributed by atoms with van der Waals surface area (Å²) in [4.78, 5) is 11.5. The predicted molar refractivity (Wildman–Crippen MR) is 54.5 cm³/mol. The third-order valence-electron chi connectivity index (χ3n) is 2.61. The highest BCUT2D eigenvalue weighted by atomic mass is 32.2. The molecule has 0 radical (unpaired) electrons. The second kappa shape index (κ2) is 4.13. The van der Waals surface area contributed by atoms with Crippen molar-refractivity contribution in [2.45, 2.75) is 31.4 Å². The van der Waals surface area contributed by atoms with Crippen LogP contribution in [0.1, 0.15) is 26.2 Å². The molecule has 0 bridgehead atoms. The van der Waals surface area contributed by atoms with Crippen LogP contribution >= 0.6 is 11.8 Å². The highest BCUT2D eigenvalue weighted by molar-refractivity contribution is 7.99. The van der Waals surface area contributed by atoms with Gasteiger partial charge in [-0.05, 0) is 25.0 Å². The van der Waals surface area contributed by atoms with Crippen LogP contribution in [0.25, 0.3) is 0 Å². The first kappa shape index (κ1) is 9.85. The van der Waals surface area contributed by atoms with Gasteiger partial charge in [-0.15, -0.1) is 0 Å².